The van der Waals surface area contributed by atoms with Crippen LogP contribution in [0.4, 0.5) is 5.69 Å². The third-order valence-corrected chi connectivity index (χ3v) is 4.32. The highest BCUT2D eigenvalue weighted by Crippen LogP contribution is 2.31. The predicted molar refractivity (Wildman–Crippen MR) is 102 cm³/mol. The molecule has 0 aromatic heterocycles. The van der Waals surface area contributed by atoms with Gasteiger partial charge in [0.1, 0.15) is 5.75 Å². The van der Waals surface area contributed by atoms with Gasteiger partial charge < -0.3 is 14.8 Å². The fraction of sp³-hybridized carbons (Fsp3) is 0.350. The number of benzene rings is 2. The zero-order chi connectivity index (χ0) is 19.8. The third kappa shape index (κ3) is 5.44. The minimum absolute atomic E-state index is 0.0264. The highest BCUT2D eigenvalue weighted by atomic mass is 16.6. The SMILES string of the molecule is CC[C@@H](CNC(=O)[C@@H](C)Oc1ccc(OC)cc1[N+](=O)[O-])c1ccccc1. The average Bonchev–Trinajstić information content (AvgIpc) is 2.69. The standard InChI is InChI=1S/C20H24N2O5/c1-4-15(16-8-6-5-7-9-16)13-21-20(23)14(2)27-19-11-10-17(26-3)12-18(19)22(24)25/h5-12,14-15H,4,13H2,1-3H3,(H,21,23)/t14-,15+/m1/s1. The number of hydrogen-bond donors (Lipinski definition) is 1. The van der Waals surface area contributed by atoms with Crippen molar-refractivity contribution in [1.82, 2.24) is 5.32 Å². The van der Waals surface area contributed by atoms with Gasteiger partial charge in [-0.2, -0.15) is 0 Å². The molecule has 2 aromatic carbocycles. The van der Waals surface area contributed by atoms with Gasteiger partial charge in [-0.3, -0.25) is 14.9 Å². The molecule has 0 aliphatic heterocycles. The summed E-state index contributed by atoms with van der Waals surface area (Å²) in [6.07, 6.45) is 0.00843. The van der Waals surface area contributed by atoms with Crippen LogP contribution in [0.1, 0.15) is 31.7 Å². The highest BCUT2D eigenvalue weighted by Gasteiger charge is 2.22. The van der Waals surface area contributed by atoms with E-state index >= 15 is 0 Å². The summed E-state index contributed by atoms with van der Waals surface area (Å²) in [5.74, 6) is 0.241. The maximum atomic E-state index is 12.4. The van der Waals surface area contributed by atoms with Crippen LogP contribution >= 0.6 is 0 Å². The van der Waals surface area contributed by atoms with Crippen LogP contribution in [0.2, 0.25) is 0 Å². The van der Waals surface area contributed by atoms with Crippen molar-refractivity contribution in [2.75, 3.05) is 13.7 Å². The zero-order valence-electron chi connectivity index (χ0n) is 15.7. The number of nitro benzene ring substituents is 1. The summed E-state index contributed by atoms with van der Waals surface area (Å²) in [6, 6.07) is 14.2. The molecule has 2 aromatic rings. The Kier molecular flexibility index (Phi) is 7.16. The number of rotatable bonds is 9. The molecule has 7 heteroatoms. The van der Waals surface area contributed by atoms with Crippen molar-refractivity contribution < 1.29 is 19.2 Å². The molecule has 0 heterocycles. The Hall–Kier alpha value is -3.09. The summed E-state index contributed by atoms with van der Waals surface area (Å²) in [7, 11) is 1.42. The lowest BCUT2D eigenvalue weighted by Gasteiger charge is -2.19. The molecule has 0 spiro atoms. The summed E-state index contributed by atoms with van der Waals surface area (Å²) in [4.78, 5) is 23.0. The Labute approximate surface area is 158 Å². The van der Waals surface area contributed by atoms with E-state index in [1.807, 2.05) is 30.3 Å². The molecule has 0 fully saturated rings. The molecule has 2 atom stereocenters. The quantitative estimate of drug-likeness (QED) is 0.536. The number of methoxy groups -OCH3 is 1. The van der Waals surface area contributed by atoms with Gasteiger partial charge in [0.25, 0.3) is 5.91 Å². The van der Waals surface area contributed by atoms with Crippen LogP contribution in [0, 0.1) is 10.1 Å². The van der Waals surface area contributed by atoms with Crippen LogP contribution in [-0.2, 0) is 4.79 Å². The van der Waals surface area contributed by atoms with Gasteiger partial charge in [-0.05, 0) is 31.0 Å². The van der Waals surface area contributed by atoms with Crippen molar-refractivity contribution in [2.24, 2.45) is 0 Å². The first-order chi connectivity index (χ1) is 13.0. The lowest BCUT2D eigenvalue weighted by molar-refractivity contribution is -0.386. The van der Waals surface area contributed by atoms with Crippen LogP contribution in [0.15, 0.2) is 48.5 Å². The van der Waals surface area contributed by atoms with Gasteiger partial charge >= 0.3 is 5.69 Å². The fourth-order valence-electron chi connectivity index (χ4n) is 2.70. The van der Waals surface area contributed by atoms with Crippen LogP contribution < -0.4 is 14.8 Å². The number of carbonyl (C=O) groups excluding carboxylic acids is 1. The molecular formula is C20H24N2O5. The van der Waals surface area contributed by atoms with Crippen molar-refractivity contribution in [3.05, 3.63) is 64.2 Å². The Morgan fingerprint density at radius 3 is 2.52 bits per heavy atom. The molecule has 0 aliphatic rings. The maximum Gasteiger partial charge on any atom is 0.314 e. The molecule has 0 saturated carbocycles. The normalized spacial score (nSPS) is 12.7. The van der Waals surface area contributed by atoms with Crippen LogP contribution in [0.3, 0.4) is 0 Å². The Morgan fingerprint density at radius 1 is 1.22 bits per heavy atom. The average molecular weight is 372 g/mol. The smallest absolute Gasteiger partial charge is 0.314 e. The molecule has 0 unspecified atom stereocenters. The molecular weight excluding hydrogens is 348 g/mol. The minimum Gasteiger partial charge on any atom is -0.496 e. The first-order valence-electron chi connectivity index (χ1n) is 8.78. The second-order valence-corrected chi connectivity index (χ2v) is 6.11. The first-order valence-corrected chi connectivity index (χ1v) is 8.78. The molecule has 27 heavy (non-hydrogen) atoms. The third-order valence-electron chi connectivity index (χ3n) is 4.32. The summed E-state index contributed by atoms with van der Waals surface area (Å²) in [5, 5.41) is 14.1. The number of hydrogen-bond acceptors (Lipinski definition) is 5. The minimum atomic E-state index is -0.870. The van der Waals surface area contributed by atoms with Gasteiger partial charge in [0, 0.05) is 12.5 Å². The van der Waals surface area contributed by atoms with Gasteiger partial charge in [-0.1, -0.05) is 37.3 Å². The van der Waals surface area contributed by atoms with E-state index in [-0.39, 0.29) is 23.3 Å². The second-order valence-electron chi connectivity index (χ2n) is 6.11. The fourth-order valence-corrected chi connectivity index (χ4v) is 2.70. The van der Waals surface area contributed by atoms with Crippen LogP contribution in [0.5, 0.6) is 11.5 Å². The van der Waals surface area contributed by atoms with E-state index in [1.165, 1.54) is 19.2 Å². The lowest BCUT2D eigenvalue weighted by Crippen LogP contribution is -2.38. The Morgan fingerprint density at radius 2 is 1.93 bits per heavy atom. The van der Waals surface area contributed by atoms with E-state index in [0.717, 1.165) is 12.0 Å². The maximum absolute atomic E-state index is 12.4. The number of carbonyl (C=O) groups is 1. The number of nitrogens with one attached hydrogen (secondary N) is 1. The largest absolute Gasteiger partial charge is 0.496 e. The molecule has 144 valence electrons. The topological polar surface area (TPSA) is 90.7 Å². The van der Waals surface area contributed by atoms with Gasteiger partial charge in [-0.15, -0.1) is 0 Å². The predicted octanol–water partition coefficient (Wildman–Crippen LogP) is 3.68. The second kappa shape index (κ2) is 9.56. The summed E-state index contributed by atoms with van der Waals surface area (Å²) < 4.78 is 10.5. The monoisotopic (exact) mass is 372 g/mol. The van der Waals surface area contributed by atoms with Gasteiger partial charge in [0.15, 0.2) is 11.9 Å². The molecule has 7 nitrogen and oxygen atoms in total. The van der Waals surface area contributed by atoms with Crippen molar-refractivity contribution in [1.29, 1.82) is 0 Å². The molecule has 0 aliphatic carbocycles. The molecule has 1 N–H and O–H groups in total. The van der Waals surface area contributed by atoms with Crippen LogP contribution in [-0.4, -0.2) is 30.6 Å². The Balaban J connectivity index is 2.00. The number of nitrogens with zero attached hydrogens (tertiary/aromatic N) is 1. The van der Waals surface area contributed by atoms with E-state index in [0.29, 0.717) is 12.3 Å². The number of nitro groups is 1. The first kappa shape index (κ1) is 20.2. The summed E-state index contributed by atoms with van der Waals surface area (Å²) in [6.45, 7) is 4.09. The molecule has 1 amide bonds. The van der Waals surface area contributed by atoms with E-state index < -0.39 is 11.0 Å². The highest BCUT2D eigenvalue weighted by molar-refractivity contribution is 5.81. The Bertz CT molecular complexity index is 779. The van der Waals surface area contributed by atoms with Gasteiger partial charge in [0.05, 0.1) is 18.1 Å². The summed E-state index contributed by atoms with van der Waals surface area (Å²) >= 11 is 0. The van der Waals surface area contributed by atoms with Crippen molar-refractivity contribution in [3.8, 4) is 11.5 Å². The number of ether oxygens (including phenoxy) is 2. The van der Waals surface area contributed by atoms with Crippen molar-refractivity contribution in [3.63, 3.8) is 0 Å². The van der Waals surface area contributed by atoms with E-state index in [4.69, 9.17) is 9.47 Å². The lowest BCUT2D eigenvalue weighted by atomic mass is 9.96. The van der Waals surface area contributed by atoms with E-state index in [2.05, 4.69) is 12.2 Å². The van der Waals surface area contributed by atoms with E-state index in [1.54, 1.807) is 13.0 Å². The van der Waals surface area contributed by atoms with Crippen molar-refractivity contribution in [2.45, 2.75) is 32.3 Å². The van der Waals surface area contributed by atoms with Gasteiger partial charge in [-0.25, -0.2) is 0 Å². The van der Waals surface area contributed by atoms with Gasteiger partial charge in [0.2, 0.25) is 0 Å². The van der Waals surface area contributed by atoms with Crippen molar-refractivity contribution >= 4 is 11.6 Å². The summed E-state index contributed by atoms with van der Waals surface area (Å²) in [5.41, 5.74) is 0.907. The molecule has 0 radical (unpaired) electrons. The number of amides is 1. The van der Waals surface area contributed by atoms with E-state index in [9.17, 15) is 14.9 Å². The molecule has 0 bridgehead atoms. The molecule has 2 rings (SSSR count). The molecule has 0 saturated heterocycles. The zero-order valence-corrected chi connectivity index (χ0v) is 15.7. The van der Waals surface area contributed by atoms with Crippen LogP contribution in [0.25, 0.3) is 0 Å².